The number of esters is 1. The molecule has 0 aliphatic carbocycles. The van der Waals surface area contributed by atoms with Gasteiger partial charge in [-0.2, -0.15) is 0 Å². The van der Waals surface area contributed by atoms with Crippen molar-refractivity contribution in [1.29, 1.82) is 0 Å². The van der Waals surface area contributed by atoms with E-state index in [2.05, 4.69) is 14.7 Å². The van der Waals surface area contributed by atoms with Crippen LogP contribution in [0.15, 0.2) is 6.07 Å². The monoisotopic (exact) mass is 206 g/mol. The molecule has 1 aromatic rings. The summed E-state index contributed by atoms with van der Waals surface area (Å²) in [5.74, 6) is -0.811. The molecule has 0 aliphatic heterocycles. The quantitative estimate of drug-likeness (QED) is 0.518. The average Bonchev–Trinajstić information content (AvgIpc) is 2.01. The molecular weight excluding hydrogens is 203 g/mol. The normalized spacial score (nSPS) is 9.58. The molecule has 1 aromatic heterocycles. The molecule has 0 radical (unpaired) electrons. The van der Waals surface area contributed by atoms with E-state index >= 15 is 0 Å². The van der Waals surface area contributed by atoms with Crippen LogP contribution in [0.5, 0.6) is 0 Å². The highest BCUT2D eigenvalue weighted by Crippen LogP contribution is 2.11. The van der Waals surface area contributed by atoms with Gasteiger partial charge < -0.3 is 4.74 Å². The van der Waals surface area contributed by atoms with Gasteiger partial charge in [-0.25, -0.2) is 14.8 Å². The van der Waals surface area contributed by atoms with Gasteiger partial charge in [-0.3, -0.25) is 0 Å². The minimum atomic E-state index is -0.667. The van der Waals surface area contributed by atoms with Crippen molar-refractivity contribution in [2.45, 2.75) is 0 Å². The summed E-state index contributed by atoms with van der Waals surface area (Å²) in [6, 6.07) is 1.33. The van der Waals surface area contributed by atoms with Gasteiger partial charge in [0.2, 0.25) is 5.82 Å². The predicted octanol–water partition coefficient (Wildman–Crippen LogP) is 1.57. The zero-order valence-corrected chi connectivity index (χ0v) is 7.56. The van der Waals surface area contributed by atoms with Crippen LogP contribution in [0.25, 0.3) is 0 Å². The van der Waals surface area contributed by atoms with Crippen LogP contribution in [0, 0.1) is 0 Å². The lowest BCUT2D eigenvalue weighted by Gasteiger charge is -1.97. The molecule has 0 aromatic carbocycles. The van der Waals surface area contributed by atoms with E-state index in [1.165, 1.54) is 13.2 Å². The molecule has 1 heterocycles. The molecule has 0 atom stereocenters. The van der Waals surface area contributed by atoms with Crippen LogP contribution in [0.4, 0.5) is 0 Å². The number of methoxy groups -OCH3 is 1. The predicted molar refractivity (Wildman–Crippen MR) is 43.4 cm³/mol. The Balaban J connectivity index is 3.08. The summed E-state index contributed by atoms with van der Waals surface area (Å²) in [5.41, 5.74) is 0. The van der Waals surface area contributed by atoms with E-state index in [0.29, 0.717) is 0 Å². The Bertz CT molecular complexity index is 296. The van der Waals surface area contributed by atoms with Crippen molar-refractivity contribution < 1.29 is 9.53 Å². The van der Waals surface area contributed by atoms with Crippen molar-refractivity contribution in [3.05, 3.63) is 22.2 Å². The van der Waals surface area contributed by atoms with Crippen LogP contribution in [0.2, 0.25) is 10.3 Å². The lowest BCUT2D eigenvalue weighted by Crippen LogP contribution is -2.07. The van der Waals surface area contributed by atoms with Crippen LogP contribution < -0.4 is 0 Å². The summed E-state index contributed by atoms with van der Waals surface area (Å²) >= 11 is 11.0. The molecule has 0 N–H and O–H groups in total. The molecule has 6 heteroatoms. The van der Waals surface area contributed by atoms with Gasteiger partial charge >= 0.3 is 5.97 Å². The van der Waals surface area contributed by atoms with Gasteiger partial charge in [0.15, 0.2) is 0 Å². The highest BCUT2D eigenvalue weighted by Gasteiger charge is 2.10. The molecule has 0 aliphatic rings. The van der Waals surface area contributed by atoms with Gasteiger partial charge in [-0.15, -0.1) is 0 Å². The fourth-order valence-corrected chi connectivity index (χ4v) is 0.995. The third kappa shape index (κ3) is 2.06. The molecule has 0 fully saturated rings. The maximum Gasteiger partial charge on any atom is 0.376 e. The van der Waals surface area contributed by atoms with Crippen molar-refractivity contribution in [2.75, 3.05) is 7.11 Å². The van der Waals surface area contributed by atoms with E-state index in [1.54, 1.807) is 0 Å². The second-order valence-corrected chi connectivity index (χ2v) is 2.60. The summed E-state index contributed by atoms with van der Waals surface area (Å²) in [6.45, 7) is 0. The Kier molecular flexibility index (Phi) is 2.83. The molecule has 1 rings (SSSR count). The van der Waals surface area contributed by atoms with Gasteiger partial charge in [0, 0.05) is 6.07 Å². The zero-order valence-electron chi connectivity index (χ0n) is 6.04. The molecule has 0 unspecified atom stereocenters. The van der Waals surface area contributed by atoms with E-state index in [-0.39, 0.29) is 16.1 Å². The Morgan fingerprint density at radius 2 is 1.92 bits per heavy atom. The van der Waals surface area contributed by atoms with E-state index in [9.17, 15) is 4.79 Å². The van der Waals surface area contributed by atoms with Gasteiger partial charge in [0.1, 0.15) is 10.3 Å². The van der Waals surface area contributed by atoms with Crippen LogP contribution in [-0.2, 0) is 4.74 Å². The van der Waals surface area contributed by atoms with Crippen molar-refractivity contribution in [2.24, 2.45) is 0 Å². The first-order chi connectivity index (χ1) is 5.63. The van der Waals surface area contributed by atoms with E-state index < -0.39 is 5.97 Å². The van der Waals surface area contributed by atoms with Crippen molar-refractivity contribution >= 4 is 29.2 Å². The summed E-state index contributed by atoms with van der Waals surface area (Å²) in [5, 5.41) is 0.214. The number of carbonyl (C=O) groups excluding carboxylic acids is 1. The number of hydrogen-bond acceptors (Lipinski definition) is 4. The SMILES string of the molecule is COC(=O)c1nc(Cl)cc(Cl)n1. The second kappa shape index (κ2) is 3.69. The summed E-state index contributed by atoms with van der Waals surface area (Å²) in [4.78, 5) is 18.1. The van der Waals surface area contributed by atoms with Crippen molar-refractivity contribution in [3.63, 3.8) is 0 Å². The molecular formula is C6H4Cl2N2O2. The molecule has 0 saturated carbocycles. The van der Waals surface area contributed by atoms with Crippen molar-refractivity contribution in [3.8, 4) is 0 Å². The van der Waals surface area contributed by atoms with E-state index in [1.807, 2.05) is 0 Å². The van der Waals surface area contributed by atoms with Crippen LogP contribution in [0.1, 0.15) is 10.6 Å². The summed E-state index contributed by atoms with van der Waals surface area (Å²) in [6.07, 6.45) is 0. The first-order valence-electron chi connectivity index (χ1n) is 2.92. The number of rotatable bonds is 1. The van der Waals surface area contributed by atoms with E-state index in [4.69, 9.17) is 23.2 Å². The van der Waals surface area contributed by atoms with Gasteiger partial charge in [-0.05, 0) is 0 Å². The number of carbonyl (C=O) groups is 1. The maximum atomic E-state index is 10.9. The third-order valence-corrected chi connectivity index (χ3v) is 1.42. The maximum absolute atomic E-state index is 10.9. The van der Waals surface area contributed by atoms with Crippen LogP contribution in [-0.4, -0.2) is 23.0 Å². The first-order valence-corrected chi connectivity index (χ1v) is 3.67. The number of aromatic nitrogens is 2. The topological polar surface area (TPSA) is 52.1 Å². The first kappa shape index (κ1) is 9.22. The highest BCUT2D eigenvalue weighted by molar-refractivity contribution is 6.33. The Labute approximate surface area is 78.5 Å². The molecule has 64 valence electrons. The number of nitrogens with zero attached hydrogens (tertiary/aromatic N) is 2. The smallest absolute Gasteiger partial charge is 0.376 e. The fourth-order valence-electron chi connectivity index (χ4n) is 0.573. The molecule has 0 spiro atoms. The molecule has 12 heavy (non-hydrogen) atoms. The second-order valence-electron chi connectivity index (χ2n) is 1.83. The minimum Gasteiger partial charge on any atom is -0.463 e. The molecule has 0 bridgehead atoms. The number of halogens is 2. The lowest BCUT2D eigenvalue weighted by atomic mass is 10.5. The highest BCUT2D eigenvalue weighted by atomic mass is 35.5. The van der Waals surface area contributed by atoms with Crippen molar-refractivity contribution in [1.82, 2.24) is 9.97 Å². The Hall–Kier alpha value is -0.870. The molecule has 0 saturated heterocycles. The molecule has 4 nitrogen and oxygen atoms in total. The number of ether oxygens (including phenoxy) is 1. The van der Waals surface area contributed by atoms with Gasteiger partial charge in [-0.1, -0.05) is 23.2 Å². The van der Waals surface area contributed by atoms with Crippen LogP contribution >= 0.6 is 23.2 Å². The summed E-state index contributed by atoms with van der Waals surface area (Å²) in [7, 11) is 1.22. The number of hydrogen-bond donors (Lipinski definition) is 0. The fraction of sp³-hybridized carbons (Fsp3) is 0.167. The lowest BCUT2D eigenvalue weighted by molar-refractivity contribution is 0.0586. The largest absolute Gasteiger partial charge is 0.463 e. The van der Waals surface area contributed by atoms with Gasteiger partial charge in [0.05, 0.1) is 7.11 Å². The average molecular weight is 207 g/mol. The standard InChI is InChI=1S/C6H4Cl2N2O2/c1-12-6(11)5-9-3(7)2-4(8)10-5/h2H,1H3. The van der Waals surface area contributed by atoms with E-state index in [0.717, 1.165) is 0 Å². The summed E-state index contributed by atoms with van der Waals surface area (Å²) < 4.78 is 4.37. The third-order valence-electron chi connectivity index (χ3n) is 1.03. The van der Waals surface area contributed by atoms with Gasteiger partial charge in [0.25, 0.3) is 0 Å². The Morgan fingerprint density at radius 3 is 2.33 bits per heavy atom. The minimum absolute atomic E-state index is 0.107. The molecule has 0 amide bonds. The van der Waals surface area contributed by atoms with Crippen LogP contribution in [0.3, 0.4) is 0 Å². The zero-order chi connectivity index (χ0) is 9.14. The Morgan fingerprint density at radius 1 is 1.42 bits per heavy atom.